The number of ketones is 1. The summed E-state index contributed by atoms with van der Waals surface area (Å²) < 4.78 is 3.51. The normalized spacial score (nSPS) is 11.1. The summed E-state index contributed by atoms with van der Waals surface area (Å²) in [6, 6.07) is 22.5. The van der Waals surface area contributed by atoms with Crippen molar-refractivity contribution in [1.82, 2.24) is 14.2 Å². The van der Waals surface area contributed by atoms with Gasteiger partial charge in [0.1, 0.15) is 6.54 Å². The molecule has 0 atom stereocenters. The SMILES string of the molecule is Cc1cc(=O)nc2c3ccccc3n(CC(=O)Nc3ccc(Cl)cc3C(=O)c3ccccc3)n12. The molecule has 0 aliphatic heterocycles. The van der Waals surface area contributed by atoms with E-state index in [9.17, 15) is 14.4 Å². The number of amides is 1. The van der Waals surface area contributed by atoms with Gasteiger partial charge in [0.2, 0.25) is 5.91 Å². The average molecular weight is 471 g/mol. The summed E-state index contributed by atoms with van der Waals surface area (Å²) >= 11 is 6.16. The second-order valence-electron chi connectivity index (χ2n) is 7.88. The first-order valence-electron chi connectivity index (χ1n) is 10.6. The first-order chi connectivity index (χ1) is 16.4. The first kappa shape index (κ1) is 21.6. The van der Waals surface area contributed by atoms with Crippen LogP contribution in [0.15, 0.2) is 83.7 Å². The second kappa shape index (κ2) is 8.61. The lowest BCUT2D eigenvalue weighted by molar-refractivity contribution is -0.116. The highest BCUT2D eigenvalue weighted by Gasteiger charge is 2.19. The Morgan fingerprint density at radius 1 is 0.971 bits per heavy atom. The molecule has 0 saturated carbocycles. The number of aromatic nitrogens is 3. The summed E-state index contributed by atoms with van der Waals surface area (Å²) in [5.41, 5.74) is 2.73. The van der Waals surface area contributed by atoms with Crippen LogP contribution in [0.5, 0.6) is 0 Å². The van der Waals surface area contributed by atoms with Gasteiger partial charge >= 0.3 is 0 Å². The minimum Gasteiger partial charge on any atom is -0.324 e. The lowest BCUT2D eigenvalue weighted by Gasteiger charge is -2.13. The molecule has 5 rings (SSSR count). The molecule has 3 aromatic carbocycles. The molecule has 8 heteroatoms. The zero-order valence-electron chi connectivity index (χ0n) is 18.2. The maximum Gasteiger partial charge on any atom is 0.273 e. The Balaban J connectivity index is 1.53. The van der Waals surface area contributed by atoms with Gasteiger partial charge in [-0.25, -0.2) is 4.52 Å². The molecule has 5 aromatic rings. The van der Waals surface area contributed by atoms with Gasteiger partial charge < -0.3 is 5.32 Å². The number of aryl methyl sites for hydroxylation is 1. The smallest absolute Gasteiger partial charge is 0.273 e. The molecule has 0 fully saturated rings. The number of anilines is 1. The Labute approximate surface area is 199 Å². The van der Waals surface area contributed by atoms with Gasteiger partial charge in [-0.15, -0.1) is 0 Å². The molecule has 0 aliphatic rings. The van der Waals surface area contributed by atoms with Crippen LogP contribution in [0.25, 0.3) is 16.6 Å². The van der Waals surface area contributed by atoms with Crippen LogP contribution in [0.4, 0.5) is 5.69 Å². The molecule has 2 aromatic heterocycles. The van der Waals surface area contributed by atoms with Crippen molar-refractivity contribution in [3.8, 4) is 0 Å². The molecule has 0 unspecified atom stereocenters. The third-order valence-corrected chi connectivity index (χ3v) is 5.81. The second-order valence-corrected chi connectivity index (χ2v) is 8.32. The van der Waals surface area contributed by atoms with Crippen LogP contribution < -0.4 is 10.9 Å². The van der Waals surface area contributed by atoms with Gasteiger partial charge in [-0.3, -0.25) is 19.1 Å². The fourth-order valence-corrected chi connectivity index (χ4v) is 4.28. The van der Waals surface area contributed by atoms with Crippen molar-refractivity contribution < 1.29 is 9.59 Å². The lowest BCUT2D eigenvalue weighted by atomic mass is 10.0. The molecule has 0 spiro atoms. The number of carbonyl (C=O) groups excluding carboxylic acids is 2. The van der Waals surface area contributed by atoms with Gasteiger partial charge in [0, 0.05) is 33.3 Å². The largest absolute Gasteiger partial charge is 0.324 e. The molecule has 7 nitrogen and oxygen atoms in total. The Morgan fingerprint density at radius 2 is 1.71 bits per heavy atom. The maximum atomic E-state index is 13.2. The van der Waals surface area contributed by atoms with Crippen molar-refractivity contribution in [3.05, 3.63) is 111 Å². The monoisotopic (exact) mass is 470 g/mol. The summed E-state index contributed by atoms with van der Waals surface area (Å²) in [6.45, 7) is 1.73. The van der Waals surface area contributed by atoms with Crippen molar-refractivity contribution in [2.75, 3.05) is 5.32 Å². The molecule has 0 radical (unpaired) electrons. The number of halogens is 1. The number of nitrogens with one attached hydrogen (secondary N) is 1. The summed E-state index contributed by atoms with van der Waals surface area (Å²) in [6.07, 6.45) is 0. The standard InChI is InChI=1S/C26H19ClN4O3/c1-16-13-23(32)29-26-19-9-5-6-10-22(19)30(31(16)26)15-24(33)28-21-12-11-18(27)14-20(21)25(34)17-7-3-2-4-8-17/h2-14H,15H2,1H3,(H,28,33). The number of hydrogen-bond donors (Lipinski definition) is 1. The van der Waals surface area contributed by atoms with Gasteiger partial charge in [-0.1, -0.05) is 54.1 Å². The minimum atomic E-state index is -0.342. The third kappa shape index (κ3) is 3.86. The summed E-state index contributed by atoms with van der Waals surface area (Å²) in [5.74, 6) is -0.585. The van der Waals surface area contributed by atoms with Crippen molar-refractivity contribution in [2.45, 2.75) is 13.5 Å². The minimum absolute atomic E-state index is 0.0585. The van der Waals surface area contributed by atoms with Gasteiger partial charge in [-0.2, -0.15) is 4.98 Å². The van der Waals surface area contributed by atoms with Gasteiger partial charge in [0.05, 0.1) is 11.2 Å². The quantitative estimate of drug-likeness (QED) is 0.384. The fourth-order valence-electron chi connectivity index (χ4n) is 4.11. The summed E-state index contributed by atoms with van der Waals surface area (Å²) in [7, 11) is 0. The van der Waals surface area contributed by atoms with Gasteiger partial charge in [-0.05, 0) is 37.3 Å². The molecule has 0 saturated heterocycles. The van der Waals surface area contributed by atoms with E-state index in [0.717, 1.165) is 10.9 Å². The highest BCUT2D eigenvalue weighted by molar-refractivity contribution is 6.31. The fraction of sp³-hybridized carbons (Fsp3) is 0.0769. The van der Waals surface area contributed by atoms with Gasteiger partial charge in [0.15, 0.2) is 11.4 Å². The molecular formula is C26H19ClN4O3. The van der Waals surface area contributed by atoms with Crippen molar-refractivity contribution in [2.24, 2.45) is 0 Å². The van der Waals surface area contributed by atoms with Crippen LogP contribution in [0.3, 0.4) is 0 Å². The van der Waals surface area contributed by atoms with E-state index in [-0.39, 0.29) is 23.8 Å². The van der Waals surface area contributed by atoms with E-state index in [1.807, 2.05) is 30.3 Å². The average Bonchev–Trinajstić information content (AvgIpc) is 3.14. The Kier molecular flexibility index (Phi) is 5.47. The van der Waals surface area contributed by atoms with E-state index in [1.54, 1.807) is 58.6 Å². The number of nitrogens with zero attached hydrogens (tertiary/aromatic N) is 3. The predicted octanol–water partition coefficient (Wildman–Crippen LogP) is 4.48. The molecular weight excluding hydrogens is 452 g/mol. The zero-order valence-corrected chi connectivity index (χ0v) is 18.9. The van der Waals surface area contributed by atoms with Crippen molar-refractivity contribution in [1.29, 1.82) is 0 Å². The molecule has 0 bridgehead atoms. The summed E-state index contributed by atoms with van der Waals surface area (Å²) in [5, 5.41) is 4.01. The predicted molar refractivity (Wildman–Crippen MR) is 132 cm³/mol. The highest BCUT2D eigenvalue weighted by atomic mass is 35.5. The third-order valence-electron chi connectivity index (χ3n) is 5.58. The molecule has 168 valence electrons. The number of benzene rings is 3. The van der Waals surface area contributed by atoms with Crippen LogP contribution in [0.2, 0.25) is 5.02 Å². The van der Waals surface area contributed by atoms with Gasteiger partial charge in [0.25, 0.3) is 5.56 Å². The maximum absolute atomic E-state index is 13.2. The number of rotatable bonds is 5. The lowest BCUT2D eigenvalue weighted by Crippen LogP contribution is -2.24. The molecule has 2 heterocycles. The molecule has 34 heavy (non-hydrogen) atoms. The number of fused-ring (bicyclic) bond motifs is 3. The Bertz CT molecular complexity index is 1640. The van der Waals surface area contributed by atoms with Crippen molar-refractivity contribution in [3.63, 3.8) is 0 Å². The highest BCUT2D eigenvalue weighted by Crippen LogP contribution is 2.25. The number of carbonyl (C=O) groups is 2. The van der Waals surface area contributed by atoms with E-state index in [4.69, 9.17) is 11.6 Å². The Hall–Kier alpha value is -4.23. The van der Waals surface area contributed by atoms with Crippen molar-refractivity contribution >= 4 is 45.5 Å². The molecule has 1 amide bonds. The van der Waals surface area contributed by atoms with Crippen LogP contribution in [0, 0.1) is 6.92 Å². The summed E-state index contributed by atoms with van der Waals surface area (Å²) in [4.78, 5) is 42.4. The zero-order chi connectivity index (χ0) is 23.8. The molecule has 1 N–H and O–H groups in total. The van der Waals surface area contributed by atoms with E-state index in [2.05, 4.69) is 10.3 Å². The van der Waals surface area contributed by atoms with Crippen LogP contribution in [-0.4, -0.2) is 25.9 Å². The van der Waals surface area contributed by atoms with E-state index in [1.165, 1.54) is 6.07 Å². The van der Waals surface area contributed by atoms with Crippen LogP contribution in [-0.2, 0) is 11.3 Å². The number of para-hydroxylation sites is 1. The van der Waals surface area contributed by atoms with E-state index >= 15 is 0 Å². The topological polar surface area (TPSA) is 85.5 Å². The Morgan fingerprint density at radius 3 is 2.50 bits per heavy atom. The number of hydrogen-bond acceptors (Lipinski definition) is 4. The van der Waals surface area contributed by atoms with E-state index in [0.29, 0.717) is 33.2 Å². The molecule has 0 aliphatic carbocycles. The van der Waals surface area contributed by atoms with Crippen LogP contribution in [0.1, 0.15) is 21.6 Å². The van der Waals surface area contributed by atoms with Crippen LogP contribution >= 0.6 is 11.6 Å². The first-order valence-corrected chi connectivity index (χ1v) is 11.0. The van der Waals surface area contributed by atoms with E-state index < -0.39 is 0 Å².